The van der Waals surface area contributed by atoms with Crippen LogP contribution in [0.4, 0.5) is 5.69 Å². The summed E-state index contributed by atoms with van der Waals surface area (Å²) in [5.41, 5.74) is 2.51. The maximum Gasteiger partial charge on any atom is 0.240 e. The van der Waals surface area contributed by atoms with Gasteiger partial charge in [0.25, 0.3) is 0 Å². The lowest BCUT2D eigenvalue weighted by Gasteiger charge is -2.12. The number of rotatable bonds is 6. The first-order valence-electron chi connectivity index (χ1n) is 8.90. The molecule has 30 heavy (non-hydrogen) atoms. The lowest BCUT2D eigenvalue weighted by atomic mass is 10.0. The molecule has 0 radical (unpaired) electrons. The number of anilines is 1. The van der Waals surface area contributed by atoms with Gasteiger partial charge in [-0.2, -0.15) is 10.4 Å². The SMILES string of the molecule is CCc1cc(Cl)ccc1CC(=O)Nc1ccc(-n2cc(C#N)cn2)c(S(N)(=O)=O)c1. The zero-order valence-corrected chi connectivity index (χ0v) is 17.5. The van der Waals surface area contributed by atoms with Crippen molar-refractivity contribution >= 4 is 33.2 Å². The van der Waals surface area contributed by atoms with E-state index in [2.05, 4.69) is 10.4 Å². The molecule has 3 aromatic rings. The molecule has 1 heterocycles. The highest BCUT2D eigenvalue weighted by atomic mass is 35.5. The quantitative estimate of drug-likeness (QED) is 0.604. The predicted octanol–water partition coefficient (Wildman–Crippen LogP) is 2.79. The summed E-state index contributed by atoms with van der Waals surface area (Å²) < 4.78 is 25.4. The Morgan fingerprint density at radius 2 is 2.03 bits per heavy atom. The Bertz CT molecular complexity index is 1260. The highest BCUT2D eigenvalue weighted by Gasteiger charge is 2.18. The molecule has 0 aliphatic carbocycles. The summed E-state index contributed by atoms with van der Waals surface area (Å²) in [4.78, 5) is 12.3. The van der Waals surface area contributed by atoms with Crippen LogP contribution in [-0.4, -0.2) is 24.1 Å². The third-order valence-electron chi connectivity index (χ3n) is 4.41. The maximum atomic E-state index is 12.5. The number of aromatic nitrogens is 2. The molecule has 0 fully saturated rings. The van der Waals surface area contributed by atoms with E-state index in [9.17, 15) is 13.2 Å². The number of nitrogens with one attached hydrogen (secondary N) is 1. The van der Waals surface area contributed by atoms with Crippen LogP contribution in [-0.2, 0) is 27.7 Å². The molecule has 0 unspecified atom stereocenters. The molecule has 0 bridgehead atoms. The van der Waals surface area contributed by atoms with Crippen molar-refractivity contribution in [3.05, 3.63) is 70.5 Å². The summed E-state index contributed by atoms with van der Waals surface area (Å²) in [6, 6.07) is 11.5. The number of nitrogens with two attached hydrogens (primary N) is 1. The first-order chi connectivity index (χ1) is 14.2. The number of hydrogen-bond acceptors (Lipinski definition) is 5. The van der Waals surface area contributed by atoms with E-state index in [0.717, 1.165) is 17.5 Å². The zero-order chi connectivity index (χ0) is 21.9. The third kappa shape index (κ3) is 4.86. The standard InChI is InChI=1S/C20H18ClN5O3S/c1-2-14-7-16(21)4-3-15(14)8-20(27)25-17-5-6-18(19(9-17)30(23,28)29)26-12-13(10-22)11-24-26/h3-7,9,11-12H,2,8H2,1H3,(H,25,27)(H2,23,28,29). The molecule has 1 aromatic heterocycles. The van der Waals surface area contributed by atoms with E-state index in [1.54, 1.807) is 12.1 Å². The van der Waals surface area contributed by atoms with Crippen molar-refractivity contribution < 1.29 is 13.2 Å². The van der Waals surface area contributed by atoms with Crippen LogP contribution in [0.5, 0.6) is 0 Å². The van der Waals surface area contributed by atoms with Gasteiger partial charge in [-0.25, -0.2) is 18.2 Å². The monoisotopic (exact) mass is 443 g/mol. The van der Waals surface area contributed by atoms with Crippen LogP contribution in [0.3, 0.4) is 0 Å². The average Bonchev–Trinajstić information content (AvgIpc) is 3.17. The van der Waals surface area contributed by atoms with E-state index in [-0.39, 0.29) is 34.2 Å². The Hall–Kier alpha value is -3.19. The average molecular weight is 444 g/mol. The topological polar surface area (TPSA) is 131 Å². The second-order valence-corrected chi connectivity index (χ2v) is 8.47. The number of benzene rings is 2. The zero-order valence-electron chi connectivity index (χ0n) is 16.0. The number of sulfonamides is 1. The smallest absolute Gasteiger partial charge is 0.240 e. The molecule has 0 atom stereocenters. The Morgan fingerprint density at radius 3 is 2.67 bits per heavy atom. The van der Waals surface area contributed by atoms with Gasteiger partial charge in [-0.3, -0.25) is 4.79 Å². The molecule has 3 N–H and O–H groups in total. The lowest BCUT2D eigenvalue weighted by molar-refractivity contribution is -0.115. The van der Waals surface area contributed by atoms with Crippen molar-refractivity contribution in [1.82, 2.24) is 9.78 Å². The normalized spacial score (nSPS) is 11.1. The van der Waals surface area contributed by atoms with E-state index in [1.807, 2.05) is 19.1 Å². The van der Waals surface area contributed by atoms with E-state index in [4.69, 9.17) is 22.0 Å². The largest absolute Gasteiger partial charge is 0.326 e. The molecule has 0 saturated carbocycles. The highest BCUT2D eigenvalue weighted by molar-refractivity contribution is 7.89. The molecule has 2 aromatic carbocycles. The fourth-order valence-electron chi connectivity index (χ4n) is 3.00. The van der Waals surface area contributed by atoms with E-state index in [1.165, 1.54) is 35.3 Å². The molecule has 0 aliphatic heterocycles. The molecular formula is C20H18ClN5O3S. The van der Waals surface area contributed by atoms with Crippen molar-refractivity contribution in [2.45, 2.75) is 24.7 Å². The molecule has 0 aliphatic rings. The van der Waals surface area contributed by atoms with Crippen molar-refractivity contribution in [3.8, 4) is 11.8 Å². The first-order valence-corrected chi connectivity index (χ1v) is 10.8. The van der Waals surface area contributed by atoms with Crippen molar-refractivity contribution in [3.63, 3.8) is 0 Å². The van der Waals surface area contributed by atoms with Crippen LogP contribution < -0.4 is 10.5 Å². The Labute approximate surface area is 178 Å². The van der Waals surface area contributed by atoms with Crippen LogP contribution in [0.2, 0.25) is 5.02 Å². The van der Waals surface area contributed by atoms with E-state index >= 15 is 0 Å². The van der Waals surface area contributed by atoms with Crippen molar-refractivity contribution in [1.29, 1.82) is 5.26 Å². The first kappa shape index (κ1) is 21.5. The van der Waals surface area contributed by atoms with Gasteiger partial charge >= 0.3 is 0 Å². The fraction of sp³-hybridized carbons (Fsp3) is 0.150. The number of halogens is 1. The van der Waals surface area contributed by atoms with Gasteiger partial charge in [0.15, 0.2) is 0 Å². The molecule has 154 valence electrons. The van der Waals surface area contributed by atoms with Gasteiger partial charge in [-0.15, -0.1) is 0 Å². The number of primary sulfonamides is 1. The molecule has 1 amide bonds. The number of carbonyl (C=O) groups excluding carboxylic acids is 1. The summed E-state index contributed by atoms with van der Waals surface area (Å²) in [5, 5.41) is 21.6. The van der Waals surface area contributed by atoms with Gasteiger partial charge in [0.1, 0.15) is 11.0 Å². The Balaban J connectivity index is 1.88. The Kier molecular flexibility index (Phi) is 6.22. The van der Waals surface area contributed by atoms with Crippen LogP contribution >= 0.6 is 11.6 Å². The van der Waals surface area contributed by atoms with Crippen molar-refractivity contribution in [2.75, 3.05) is 5.32 Å². The number of nitriles is 1. The minimum Gasteiger partial charge on any atom is -0.326 e. The van der Waals surface area contributed by atoms with Gasteiger partial charge in [-0.1, -0.05) is 24.6 Å². The number of aryl methyl sites for hydroxylation is 1. The van der Waals surface area contributed by atoms with E-state index in [0.29, 0.717) is 5.02 Å². The summed E-state index contributed by atoms with van der Waals surface area (Å²) in [5.74, 6) is -0.314. The Morgan fingerprint density at radius 1 is 1.27 bits per heavy atom. The molecule has 0 saturated heterocycles. The molecular weight excluding hydrogens is 426 g/mol. The number of carbonyl (C=O) groups is 1. The second kappa shape index (κ2) is 8.67. The van der Waals surface area contributed by atoms with Gasteiger partial charge in [0, 0.05) is 16.9 Å². The molecule has 3 rings (SSSR count). The highest BCUT2D eigenvalue weighted by Crippen LogP contribution is 2.24. The van der Waals surface area contributed by atoms with Crippen molar-refractivity contribution in [2.24, 2.45) is 5.14 Å². The lowest BCUT2D eigenvalue weighted by Crippen LogP contribution is -2.18. The summed E-state index contributed by atoms with van der Waals surface area (Å²) in [6.45, 7) is 1.97. The molecule has 0 spiro atoms. The van der Waals surface area contributed by atoms with Crippen LogP contribution in [0, 0.1) is 11.3 Å². The van der Waals surface area contributed by atoms with Gasteiger partial charge in [0.2, 0.25) is 15.9 Å². The number of amides is 1. The van der Waals surface area contributed by atoms with Crippen LogP contribution in [0.1, 0.15) is 23.6 Å². The predicted molar refractivity (Wildman–Crippen MR) is 113 cm³/mol. The van der Waals surface area contributed by atoms with Crippen LogP contribution in [0.25, 0.3) is 5.69 Å². The van der Waals surface area contributed by atoms with Gasteiger partial charge < -0.3 is 5.32 Å². The summed E-state index contributed by atoms with van der Waals surface area (Å²) in [7, 11) is -4.12. The summed E-state index contributed by atoms with van der Waals surface area (Å²) >= 11 is 6.00. The minimum absolute atomic E-state index is 0.109. The maximum absolute atomic E-state index is 12.5. The minimum atomic E-state index is -4.12. The number of hydrogen-bond donors (Lipinski definition) is 2. The molecule has 8 nitrogen and oxygen atoms in total. The van der Waals surface area contributed by atoms with Gasteiger partial charge in [0.05, 0.1) is 23.9 Å². The second-order valence-electron chi connectivity index (χ2n) is 6.50. The van der Waals surface area contributed by atoms with Gasteiger partial charge in [-0.05, 0) is 47.9 Å². The van der Waals surface area contributed by atoms with Crippen LogP contribution in [0.15, 0.2) is 53.7 Å². The number of nitrogens with zero attached hydrogens (tertiary/aromatic N) is 3. The third-order valence-corrected chi connectivity index (χ3v) is 5.58. The van der Waals surface area contributed by atoms with E-state index < -0.39 is 10.0 Å². The fourth-order valence-corrected chi connectivity index (χ4v) is 3.93. The summed E-state index contributed by atoms with van der Waals surface area (Å²) in [6.07, 6.45) is 3.52. The molecule has 10 heteroatoms.